The average Bonchev–Trinajstić information content (AvgIpc) is 3.33. The fourth-order valence-electron chi connectivity index (χ4n) is 4.71. The summed E-state index contributed by atoms with van der Waals surface area (Å²) in [7, 11) is 0. The lowest BCUT2D eigenvalue weighted by atomic mass is 10.0. The molecule has 3 heterocycles. The van der Waals surface area contributed by atoms with E-state index in [2.05, 4.69) is 41.9 Å². The van der Waals surface area contributed by atoms with Gasteiger partial charge in [0.15, 0.2) is 11.6 Å². The third-order valence-electron chi connectivity index (χ3n) is 6.54. The standard InChI is InChI=1S/C27H30N4O3/c1-3-31(22-11-7-8-20(2)18-22)25-23(19-28-24(29-25)21-9-5-4-6-10-21)26(32)30-14-12-27(13-15-30)33-16-17-34-27/h4-11,18-19H,3,12-17H2,1-2H3. The molecule has 0 unspecified atom stereocenters. The van der Waals surface area contributed by atoms with Gasteiger partial charge in [0.25, 0.3) is 5.91 Å². The van der Waals surface area contributed by atoms with Gasteiger partial charge >= 0.3 is 0 Å². The van der Waals surface area contributed by atoms with Crippen LogP contribution in [0.2, 0.25) is 0 Å². The molecule has 0 atom stereocenters. The first-order chi connectivity index (χ1) is 16.6. The summed E-state index contributed by atoms with van der Waals surface area (Å²) < 4.78 is 11.7. The van der Waals surface area contributed by atoms with E-state index >= 15 is 0 Å². The van der Waals surface area contributed by atoms with Crippen LogP contribution in [0.1, 0.15) is 35.7 Å². The van der Waals surface area contributed by atoms with Crippen LogP contribution in [-0.4, -0.2) is 59.4 Å². The number of hydrogen-bond donors (Lipinski definition) is 0. The molecule has 0 saturated carbocycles. The smallest absolute Gasteiger partial charge is 0.259 e. The molecule has 2 aromatic carbocycles. The van der Waals surface area contributed by atoms with E-state index in [9.17, 15) is 4.79 Å². The van der Waals surface area contributed by atoms with Crippen molar-refractivity contribution in [2.45, 2.75) is 32.5 Å². The minimum Gasteiger partial charge on any atom is -0.347 e. The van der Waals surface area contributed by atoms with Gasteiger partial charge in [-0.25, -0.2) is 9.97 Å². The Bertz CT molecular complexity index is 1150. The number of carbonyl (C=O) groups is 1. The van der Waals surface area contributed by atoms with Crippen LogP contribution in [0.5, 0.6) is 0 Å². The molecule has 1 aromatic heterocycles. The lowest BCUT2D eigenvalue weighted by Gasteiger charge is -2.38. The van der Waals surface area contributed by atoms with Crippen LogP contribution in [0, 0.1) is 6.92 Å². The Morgan fingerprint density at radius 2 is 1.79 bits per heavy atom. The maximum Gasteiger partial charge on any atom is 0.259 e. The lowest BCUT2D eigenvalue weighted by molar-refractivity contribution is -0.181. The molecule has 34 heavy (non-hydrogen) atoms. The van der Waals surface area contributed by atoms with E-state index in [-0.39, 0.29) is 5.91 Å². The summed E-state index contributed by atoms with van der Waals surface area (Å²) in [6.07, 6.45) is 3.03. The summed E-state index contributed by atoms with van der Waals surface area (Å²) in [5.41, 5.74) is 3.57. The molecule has 0 aliphatic carbocycles. The van der Waals surface area contributed by atoms with Crippen molar-refractivity contribution in [3.05, 3.63) is 71.9 Å². The predicted octanol–water partition coefficient (Wildman–Crippen LogP) is 4.59. The molecule has 1 amide bonds. The third-order valence-corrected chi connectivity index (χ3v) is 6.54. The molecule has 0 N–H and O–H groups in total. The first-order valence-electron chi connectivity index (χ1n) is 11.9. The van der Waals surface area contributed by atoms with Crippen LogP contribution in [0.4, 0.5) is 11.5 Å². The lowest BCUT2D eigenvalue weighted by Crippen LogP contribution is -2.47. The van der Waals surface area contributed by atoms with Crippen molar-refractivity contribution in [2.24, 2.45) is 0 Å². The third kappa shape index (κ3) is 4.41. The second kappa shape index (κ2) is 9.52. The number of benzene rings is 2. The van der Waals surface area contributed by atoms with Crippen molar-refractivity contribution in [1.29, 1.82) is 0 Å². The van der Waals surface area contributed by atoms with Crippen LogP contribution in [-0.2, 0) is 9.47 Å². The Balaban J connectivity index is 1.51. The molecule has 1 spiro atoms. The second-order valence-electron chi connectivity index (χ2n) is 8.78. The monoisotopic (exact) mass is 458 g/mol. The molecule has 2 fully saturated rings. The zero-order valence-electron chi connectivity index (χ0n) is 19.7. The molecule has 7 nitrogen and oxygen atoms in total. The Labute approximate surface area is 200 Å². The topological polar surface area (TPSA) is 67.8 Å². The van der Waals surface area contributed by atoms with Gasteiger partial charge in [0.1, 0.15) is 11.4 Å². The minimum atomic E-state index is -0.524. The van der Waals surface area contributed by atoms with Crippen molar-refractivity contribution < 1.29 is 14.3 Å². The zero-order chi connectivity index (χ0) is 23.5. The number of nitrogens with zero attached hydrogens (tertiary/aromatic N) is 4. The van der Waals surface area contributed by atoms with Gasteiger partial charge < -0.3 is 19.3 Å². The molecule has 7 heteroatoms. The normalized spacial score (nSPS) is 17.2. The molecule has 2 aliphatic heterocycles. The second-order valence-corrected chi connectivity index (χ2v) is 8.78. The van der Waals surface area contributed by atoms with Gasteiger partial charge in [-0.15, -0.1) is 0 Å². The number of anilines is 2. The highest BCUT2D eigenvalue weighted by Crippen LogP contribution is 2.34. The van der Waals surface area contributed by atoms with Gasteiger partial charge in [0, 0.05) is 49.9 Å². The molecule has 2 aliphatic rings. The van der Waals surface area contributed by atoms with Crippen molar-refractivity contribution >= 4 is 17.4 Å². The number of carbonyl (C=O) groups excluding carboxylic acids is 1. The molecule has 5 rings (SSSR count). The fourth-order valence-corrected chi connectivity index (χ4v) is 4.71. The Hall–Kier alpha value is -3.29. The first kappa shape index (κ1) is 22.5. The summed E-state index contributed by atoms with van der Waals surface area (Å²) in [5, 5.41) is 0. The van der Waals surface area contributed by atoms with Crippen molar-refractivity contribution in [3.8, 4) is 11.4 Å². The van der Waals surface area contributed by atoms with Crippen LogP contribution in [0.15, 0.2) is 60.8 Å². The SMILES string of the molecule is CCN(c1cccc(C)c1)c1nc(-c2ccccc2)ncc1C(=O)N1CCC2(CC1)OCCO2. The highest BCUT2D eigenvalue weighted by atomic mass is 16.7. The van der Waals surface area contributed by atoms with Gasteiger partial charge in [-0.2, -0.15) is 0 Å². The number of rotatable bonds is 5. The van der Waals surface area contributed by atoms with Gasteiger partial charge in [-0.1, -0.05) is 42.5 Å². The Morgan fingerprint density at radius 3 is 2.47 bits per heavy atom. The van der Waals surface area contributed by atoms with E-state index < -0.39 is 5.79 Å². The van der Waals surface area contributed by atoms with E-state index in [0.717, 1.165) is 16.8 Å². The van der Waals surface area contributed by atoms with Crippen molar-refractivity contribution in [2.75, 3.05) is 37.7 Å². The number of ether oxygens (including phenoxy) is 2. The summed E-state index contributed by atoms with van der Waals surface area (Å²) >= 11 is 0. The van der Waals surface area contributed by atoms with Crippen LogP contribution >= 0.6 is 0 Å². The quantitative estimate of drug-likeness (QED) is 0.557. The molecule has 2 saturated heterocycles. The highest BCUT2D eigenvalue weighted by molar-refractivity contribution is 5.99. The van der Waals surface area contributed by atoms with Gasteiger partial charge in [0.05, 0.1) is 13.2 Å². The molecule has 0 radical (unpaired) electrons. The van der Waals surface area contributed by atoms with Crippen LogP contribution in [0.3, 0.4) is 0 Å². The van der Waals surface area contributed by atoms with Gasteiger partial charge in [-0.3, -0.25) is 4.79 Å². The van der Waals surface area contributed by atoms with E-state index in [4.69, 9.17) is 14.5 Å². The number of hydrogen-bond acceptors (Lipinski definition) is 6. The maximum atomic E-state index is 13.7. The number of aryl methyl sites for hydroxylation is 1. The summed E-state index contributed by atoms with van der Waals surface area (Å²) in [5.74, 6) is 0.641. The predicted molar refractivity (Wildman–Crippen MR) is 131 cm³/mol. The fraction of sp³-hybridized carbons (Fsp3) is 0.370. The van der Waals surface area contributed by atoms with E-state index in [1.165, 1.54) is 0 Å². The largest absolute Gasteiger partial charge is 0.347 e. The molecule has 176 valence electrons. The van der Waals surface area contributed by atoms with E-state index in [1.807, 2.05) is 41.3 Å². The van der Waals surface area contributed by atoms with E-state index in [1.54, 1.807) is 6.20 Å². The van der Waals surface area contributed by atoms with Gasteiger partial charge in [0.2, 0.25) is 0 Å². The first-order valence-corrected chi connectivity index (χ1v) is 11.9. The average molecular weight is 459 g/mol. The Morgan fingerprint density at radius 1 is 1.06 bits per heavy atom. The summed E-state index contributed by atoms with van der Waals surface area (Å²) in [6, 6.07) is 18.1. The molecule has 3 aromatic rings. The molecule has 0 bridgehead atoms. The summed E-state index contributed by atoms with van der Waals surface area (Å²) in [4.78, 5) is 27.2. The van der Waals surface area contributed by atoms with Crippen molar-refractivity contribution in [1.82, 2.24) is 14.9 Å². The number of aromatic nitrogens is 2. The maximum absolute atomic E-state index is 13.7. The van der Waals surface area contributed by atoms with E-state index in [0.29, 0.717) is 62.9 Å². The molecular formula is C27H30N4O3. The van der Waals surface area contributed by atoms with Crippen molar-refractivity contribution in [3.63, 3.8) is 0 Å². The van der Waals surface area contributed by atoms with Crippen LogP contribution < -0.4 is 4.90 Å². The molecular weight excluding hydrogens is 428 g/mol. The van der Waals surface area contributed by atoms with Crippen LogP contribution in [0.25, 0.3) is 11.4 Å². The highest BCUT2D eigenvalue weighted by Gasteiger charge is 2.41. The Kier molecular flexibility index (Phi) is 6.30. The van der Waals surface area contributed by atoms with Gasteiger partial charge in [-0.05, 0) is 31.5 Å². The minimum absolute atomic E-state index is 0.0615. The zero-order valence-corrected chi connectivity index (χ0v) is 19.7. The summed E-state index contributed by atoms with van der Waals surface area (Å²) in [6.45, 7) is 7.20. The number of piperidine rings is 1. The number of amides is 1. The number of likely N-dealkylation sites (tertiary alicyclic amines) is 1.